The van der Waals surface area contributed by atoms with E-state index in [1.165, 1.54) is 89.5 Å². The van der Waals surface area contributed by atoms with Crippen LogP contribution >= 0.6 is 12.2 Å². The number of benzene rings is 1. The number of nitrogens with zero attached hydrogens (tertiary/aromatic N) is 1. The van der Waals surface area contributed by atoms with Gasteiger partial charge < -0.3 is 4.74 Å². The van der Waals surface area contributed by atoms with E-state index in [1.807, 2.05) is 0 Å². The van der Waals surface area contributed by atoms with Crippen molar-refractivity contribution >= 4 is 23.1 Å². The van der Waals surface area contributed by atoms with Crippen molar-refractivity contribution in [2.24, 2.45) is 28.7 Å². The fourth-order valence-corrected chi connectivity index (χ4v) is 5.66. The van der Waals surface area contributed by atoms with Gasteiger partial charge in [-0.05, 0) is 86.5 Å². The van der Waals surface area contributed by atoms with Gasteiger partial charge in [0.05, 0.1) is 11.8 Å². The number of thiocarbonyl (C=S) groups is 1. The van der Waals surface area contributed by atoms with E-state index in [4.69, 9.17) is 4.74 Å². The van der Waals surface area contributed by atoms with E-state index in [2.05, 4.69) is 29.3 Å². The van der Waals surface area contributed by atoms with Crippen molar-refractivity contribution in [3.05, 3.63) is 24.0 Å². The number of halogens is 1. The standard InChI is InChI=1S/C26H38FNOS/c1-2-3-4-5-6-20-7-11-22(12-8-20)23-13-9-21(10-14-23)18-29-24-15-16-26(28-19-30)25(27)17-24/h15-17,20-23H,2-14,18H2,1H3/t20-,21?,22-,23?. The Balaban J connectivity index is 1.33. The molecule has 1 aromatic rings. The lowest BCUT2D eigenvalue weighted by Crippen LogP contribution is -2.27. The average Bonchev–Trinajstić information content (AvgIpc) is 2.78. The molecule has 2 saturated carbocycles. The topological polar surface area (TPSA) is 21.6 Å². The summed E-state index contributed by atoms with van der Waals surface area (Å²) in [4.78, 5) is 3.71. The summed E-state index contributed by atoms with van der Waals surface area (Å²) in [5.41, 5.74) is 0.216. The van der Waals surface area contributed by atoms with Crippen LogP contribution in [-0.2, 0) is 0 Å². The molecule has 0 unspecified atom stereocenters. The van der Waals surface area contributed by atoms with Crippen LogP contribution in [0.15, 0.2) is 23.2 Å². The van der Waals surface area contributed by atoms with Crippen molar-refractivity contribution in [1.29, 1.82) is 0 Å². The van der Waals surface area contributed by atoms with Crippen molar-refractivity contribution in [3.63, 3.8) is 0 Å². The third-order valence-electron chi connectivity index (χ3n) is 7.49. The van der Waals surface area contributed by atoms with E-state index in [9.17, 15) is 4.39 Å². The minimum Gasteiger partial charge on any atom is -0.493 e. The minimum atomic E-state index is -0.408. The molecular weight excluding hydrogens is 393 g/mol. The zero-order valence-corrected chi connectivity index (χ0v) is 19.4. The lowest BCUT2D eigenvalue weighted by atomic mass is 9.69. The number of unbranched alkanes of at least 4 members (excludes halogenated alkanes) is 3. The van der Waals surface area contributed by atoms with Gasteiger partial charge in [-0.1, -0.05) is 51.9 Å². The normalized spacial score (nSPS) is 26.7. The Morgan fingerprint density at radius 1 is 0.967 bits per heavy atom. The molecule has 1 aromatic carbocycles. The molecule has 0 bridgehead atoms. The van der Waals surface area contributed by atoms with Crippen molar-refractivity contribution in [2.75, 3.05) is 6.61 Å². The van der Waals surface area contributed by atoms with E-state index in [0.717, 1.165) is 17.8 Å². The van der Waals surface area contributed by atoms with Crippen molar-refractivity contribution < 1.29 is 9.13 Å². The highest BCUT2D eigenvalue weighted by Gasteiger charge is 2.30. The van der Waals surface area contributed by atoms with E-state index in [0.29, 0.717) is 18.3 Å². The van der Waals surface area contributed by atoms with Crippen LogP contribution in [-0.4, -0.2) is 11.8 Å². The van der Waals surface area contributed by atoms with Gasteiger partial charge in [0.15, 0.2) is 5.82 Å². The second kappa shape index (κ2) is 12.6. The second-order valence-electron chi connectivity index (χ2n) is 9.54. The second-order valence-corrected chi connectivity index (χ2v) is 9.72. The first-order chi connectivity index (χ1) is 14.7. The number of rotatable bonds is 10. The molecule has 166 valence electrons. The Morgan fingerprint density at radius 3 is 2.23 bits per heavy atom. The Morgan fingerprint density at radius 2 is 1.63 bits per heavy atom. The van der Waals surface area contributed by atoms with Crippen LogP contribution in [0.3, 0.4) is 0 Å². The first-order valence-corrected chi connectivity index (χ1v) is 12.6. The van der Waals surface area contributed by atoms with Crippen LogP contribution in [0.25, 0.3) is 0 Å². The molecule has 0 aliphatic heterocycles. The molecule has 0 amide bonds. The number of hydrogen-bond donors (Lipinski definition) is 0. The van der Waals surface area contributed by atoms with E-state index >= 15 is 0 Å². The maximum Gasteiger partial charge on any atom is 0.153 e. The molecule has 0 saturated heterocycles. The number of ether oxygens (including phenoxy) is 1. The zero-order valence-electron chi connectivity index (χ0n) is 18.6. The molecule has 0 aromatic heterocycles. The molecule has 2 fully saturated rings. The summed E-state index contributed by atoms with van der Waals surface area (Å²) < 4.78 is 19.8. The van der Waals surface area contributed by atoms with Gasteiger partial charge in [0.1, 0.15) is 11.4 Å². The van der Waals surface area contributed by atoms with Gasteiger partial charge in [0, 0.05) is 6.07 Å². The van der Waals surface area contributed by atoms with Crippen LogP contribution in [0.1, 0.15) is 90.4 Å². The quantitative estimate of drug-likeness (QED) is 0.210. The summed E-state index contributed by atoms with van der Waals surface area (Å²) >= 11 is 4.54. The highest BCUT2D eigenvalue weighted by molar-refractivity contribution is 7.78. The number of aliphatic imine (C=N–C) groups is 1. The summed E-state index contributed by atoms with van der Waals surface area (Å²) in [7, 11) is 0. The average molecular weight is 432 g/mol. The number of hydrogen-bond acceptors (Lipinski definition) is 3. The smallest absolute Gasteiger partial charge is 0.153 e. The molecule has 3 rings (SSSR count). The summed E-state index contributed by atoms with van der Waals surface area (Å²) in [5, 5.41) is 2.20. The lowest BCUT2D eigenvalue weighted by molar-refractivity contribution is 0.121. The first kappa shape index (κ1) is 23.4. The third kappa shape index (κ3) is 7.17. The molecule has 0 N–H and O–H groups in total. The zero-order chi connectivity index (χ0) is 21.2. The fourth-order valence-electron chi connectivity index (χ4n) is 5.57. The van der Waals surface area contributed by atoms with Crippen LogP contribution in [0.5, 0.6) is 5.75 Å². The van der Waals surface area contributed by atoms with Gasteiger partial charge in [-0.15, -0.1) is 0 Å². The van der Waals surface area contributed by atoms with Crippen LogP contribution < -0.4 is 4.74 Å². The Kier molecular flexibility index (Phi) is 9.81. The van der Waals surface area contributed by atoms with Crippen molar-refractivity contribution in [3.8, 4) is 5.75 Å². The molecule has 4 heteroatoms. The van der Waals surface area contributed by atoms with Gasteiger partial charge in [-0.25, -0.2) is 4.39 Å². The van der Waals surface area contributed by atoms with Crippen molar-refractivity contribution in [2.45, 2.75) is 90.4 Å². The summed E-state index contributed by atoms with van der Waals surface area (Å²) in [6.45, 7) is 2.98. The summed E-state index contributed by atoms with van der Waals surface area (Å²) in [6.07, 6.45) is 18.1. The van der Waals surface area contributed by atoms with Gasteiger partial charge in [0.25, 0.3) is 0 Å². The molecule has 2 aliphatic carbocycles. The highest BCUT2D eigenvalue weighted by atomic mass is 32.1. The summed E-state index contributed by atoms with van der Waals surface area (Å²) in [5.74, 6) is 3.65. The maximum absolute atomic E-state index is 13.9. The maximum atomic E-state index is 13.9. The molecule has 0 spiro atoms. The van der Waals surface area contributed by atoms with Crippen LogP contribution in [0, 0.1) is 29.5 Å². The predicted octanol–water partition coefficient (Wildman–Crippen LogP) is 8.52. The Bertz CT molecular complexity index is 686. The SMILES string of the molecule is CCCCCC[C@H]1CC[C@H](C2CCC(COc3ccc(N=C=S)c(F)c3)CC2)CC1. The monoisotopic (exact) mass is 431 g/mol. The molecule has 0 radical (unpaired) electrons. The van der Waals surface area contributed by atoms with Gasteiger partial charge >= 0.3 is 0 Å². The van der Waals surface area contributed by atoms with Crippen LogP contribution in [0.4, 0.5) is 10.1 Å². The molecule has 2 nitrogen and oxygen atoms in total. The lowest BCUT2D eigenvalue weighted by Gasteiger charge is -2.38. The highest BCUT2D eigenvalue weighted by Crippen LogP contribution is 2.42. The van der Waals surface area contributed by atoms with Gasteiger partial charge in [-0.3, -0.25) is 0 Å². The molecule has 30 heavy (non-hydrogen) atoms. The van der Waals surface area contributed by atoms with E-state index in [1.54, 1.807) is 12.1 Å². The fraction of sp³-hybridized carbons (Fsp3) is 0.731. The van der Waals surface area contributed by atoms with E-state index < -0.39 is 5.82 Å². The summed E-state index contributed by atoms with van der Waals surface area (Å²) in [6, 6.07) is 4.76. The number of isothiocyanates is 1. The largest absolute Gasteiger partial charge is 0.493 e. The molecule has 2 aliphatic rings. The Labute approximate surface area is 187 Å². The van der Waals surface area contributed by atoms with E-state index in [-0.39, 0.29) is 5.69 Å². The first-order valence-electron chi connectivity index (χ1n) is 12.2. The van der Waals surface area contributed by atoms with Gasteiger partial charge in [-0.2, -0.15) is 4.99 Å². The minimum absolute atomic E-state index is 0.216. The van der Waals surface area contributed by atoms with Gasteiger partial charge in [0.2, 0.25) is 0 Å². The molecular formula is C26H38FNOS. The predicted molar refractivity (Wildman–Crippen MR) is 126 cm³/mol. The molecule has 0 atom stereocenters. The molecule has 0 heterocycles. The van der Waals surface area contributed by atoms with Crippen LogP contribution in [0.2, 0.25) is 0 Å². The van der Waals surface area contributed by atoms with Crippen molar-refractivity contribution in [1.82, 2.24) is 0 Å². The Hall–Kier alpha value is -1.25. The third-order valence-corrected chi connectivity index (χ3v) is 7.58.